The highest BCUT2D eigenvalue weighted by Gasteiger charge is 2.14. The van der Waals surface area contributed by atoms with Gasteiger partial charge in [-0.2, -0.15) is 5.10 Å². The van der Waals surface area contributed by atoms with E-state index in [2.05, 4.69) is 10.3 Å². The largest absolute Gasteiger partial charge is 0.476 e. The van der Waals surface area contributed by atoms with Crippen LogP contribution in [0.2, 0.25) is 0 Å². The SMILES string of the molecule is CN(C)C(=O)c1ccn(Cc2cc(C(=O)O)no2)n1. The number of nitrogens with zero attached hydrogens (tertiary/aromatic N) is 4. The van der Waals surface area contributed by atoms with Crippen molar-refractivity contribution in [2.24, 2.45) is 0 Å². The molecule has 0 aliphatic carbocycles. The lowest BCUT2D eigenvalue weighted by molar-refractivity contribution is 0.0685. The van der Waals surface area contributed by atoms with Gasteiger partial charge >= 0.3 is 5.97 Å². The molecular weight excluding hydrogens is 252 g/mol. The molecular formula is C11H12N4O4. The van der Waals surface area contributed by atoms with E-state index in [1.165, 1.54) is 15.6 Å². The Morgan fingerprint density at radius 1 is 1.42 bits per heavy atom. The Kier molecular flexibility index (Phi) is 3.32. The minimum atomic E-state index is -1.15. The fourth-order valence-electron chi connectivity index (χ4n) is 1.44. The summed E-state index contributed by atoms with van der Waals surface area (Å²) in [5.41, 5.74) is 0.148. The third kappa shape index (κ3) is 2.79. The number of carboxylic acids is 1. The average molecular weight is 264 g/mol. The van der Waals surface area contributed by atoms with Gasteiger partial charge in [0.25, 0.3) is 5.91 Å². The molecule has 0 bridgehead atoms. The predicted molar refractivity (Wildman–Crippen MR) is 62.8 cm³/mol. The van der Waals surface area contributed by atoms with Gasteiger partial charge in [-0.25, -0.2) is 4.79 Å². The van der Waals surface area contributed by atoms with Gasteiger partial charge in [-0.15, -0.1) is 0 Å². The van der Waals surface area contributed by atoms with Crippen molar-refractivity contribution in [2.75, 3.05) is 14.1 Å². The number of amides is 1. The van der Waals surface area contributed by atoms with Crippen molar-refractivity contribution >= 4 is 11.9 Å². The van der Waals surface area contributed by atoms with E-state index in [1.807, 2.05) is 0 Å². The summed E-state index contributed by atoms with van der Waals surface area (Å²) in [7, 11) is 3.27. The van der Waals surface area contributed by atoms with Crippen LogP contribution in [0.5, 0.6) is 0 Å². The lowest BCUT2D eigenvalue weighted by atomic mass is 10.3. The van der Waals surface area contributed by atoms with E-state index in [0.717, 1.165) is 0 Å². The molecule has 100 valence electrons. The first-order valence-electron chi connectivity index (χ1n) is 5.41. The summed E-state index contributed by atoms with van der Waals surface area (Å²) in [5, 5.41) is 16.2. The molecule has 0 aliphatic heterocycles. The van der Waals surface area contributed by atoms with Crippen molar-refractivity contribution < 1.29 is 19.2 Å². The van der Waals surface area contributed by atoms with Gasteiger partial charge in [0.1, 0.15) is 12.2 Å². The molecule has 2 aromatic heterocycles. The van der Waals surface area contributed by atoms with E-state index in [9.17, 15) is 9.59 Å². The van der Waals surface area contributed by atoms with Gasteiger partial charge in [0.2, 0.25) is 0 Å². The van der Waals surface area contributed by atoms with Crippen molar-refractivity contribution in [1.82, 2.24) is 19.8 Å². The van der Waals surface area contributed by atoms with Crippen LogP contribution in [0.1, 0.15) is 26.7 Å². The van der Waals surface area contributed by atoms with Gasteiger partial charge in [0.05, 0.1) is 0 Å². The lowest BCUT2D eigenvalue weighted by Crippen LogP contribution is -2.22. The maximum Gasteiger partial charge on any atom is 0.358 e. The molecule has 0 radical (unpaired) electrons. The van der Waals surface area contributed by atoms with E-state index in [4.69, 9.17) is 9.63 Å². The van der Waals surface area contributed by atoms with Gasteiger partial charge in [0, 0.05) is 26.4 Å². The van der Waals surface area contributed by atoms with Crippen LogP contribution in [0.25, 0.3) is 0 Å². The summed E-state index contributed by atoms with van der Waals surface area (Å²) < 4.78 is 6.34. The third-order valence-corrected chi connectivity index (χ3v) is 2.36. The number of carbonyl (C=O) groups is 2. The van der Waals surface area contributed by atoms with Gasteiger partial charge in [-0.3, -0.25) is 9.48 Å². The Labute approximate surface area is 108 Å². The van der Waals surface area contributed by atoms with Crippen LogP contribution in [0.3, 0.4) is 0 Å². The molecule has 19 heavy (non-hydrogen) atoms. The molecule has 0 aliphatic rings. The lowest BCUT2D eigenvalue weighted by Gasteiger charge is -2.06. The zero-order valence-corrected chi connectivity index (χ0v) is 10.4. The van der Waals surface area contributed by atoms with Crippen molar-refractivity contribution in [1.29, 1.82) is 0 Å². The normalized spacial score (nSPS) is 10.4. The van der Waals surface area contributed by atoms with Crippen LogP contribution in [0.4, 0.5) is 0 Å². The molecule has 0 saturated carbocycles. The minimum Gasteiger partial charge on any atom is -0.476 e. The molecule has 0 fully saturated rings. The molecule has 0 saturated heterocycles. The first-order chi connectivity index (χ1) is 8.97. The highest BCUT2D eigenvalue weighted by atomic mass is 16.5. The van der Waals surface area contributed by atoms with Crippen LogP contribution in [0, 0.1) is 0 Å². The van der Waals surface area contributed by atoms with E-state index < -0.39 is 5.97 Å². The van der Waals surface area contributed by atoms with Crippen LogP contribution in [-0.4, -0.2) is 50.9 Å². The fraction of sp³-hybridized carbons (Fsp3) is 0.273. The summed E-state index contributed by atoms with van der Waals surface area (Å²) in [5.74, 6) is -1.01. The third-order valence-electron chi connectivity index (χ3n) is 2.36. The summed E-state index contributed by atoms with van der Waals surface area (Å²) in [4.78, 5) is 23.7. The smallest absolute Gasteiger partial charge is 0.358 e. The van der Waals surface area contributed by atoms with E-state index in [-0.39, 0.29) is 18.1 Å². The van der Waals surface area contributed by atoms with Gasteiger partial charge in [-0.05, 0) is 6.07 Å². The summed E-state index contributed by atoms with van der Waals surface area (Å²) in [6.07, 6.45) is 1.61. The molecule has 0 atom stereocenters. The van der Waals surface area contributed by atoms with Gasteiger partial charge in [-0.1, -0.05) is 5.16 Å². The van der Waals surface area contributed by atoms with Crippen LogP contribution in [0.15, 0.2) is 22.9 Å². The zero-order chi connectivity index (χ0) is 14.0. The number of aromatic carboxylic acids is 1. The molecule has 2 aromatic rings. The molecule has 2 rings (SSSR count). The Morgan fingerprint density at radius 3 is 2.74 bits per heavy atom. The maximum absolute atomic E-state index is 11.6. The molecule has 0 aromatic carbocycles. The number of hydrogen-bond acceptors (Lipinski definition) is 5. The molecule has 8 heteroatoms. The van der Waals surface area contributed by atoms with Crippen LogP contribution < -0.4 is 0 Å². The Hall–Kier alpha value is -2.64. The minimum absolute atomic E-state index is 0.160. The van der Waals surface area contributed by atoms with Gasteiger partial charge in [0.15, 0.2) is 11.5 Å². The van der Waals surface area contributed by atoms with Crippen LogP contribution in [-0.2, 0) is 6.54 Å². The number of carbonyl (C=O) groups excluding carboxylic acids is 1. The average Bonchev–Trinajstić information content (AvgIpc) is 2.97. The van der Waals surface area contributed by atoms with Crippen LogP contribution >= 0.6 is 0 Å². The summed E-state index contributed by atoms with van der Waals surface area (Å²) in [6, 6.07) is 2.90. The Balaban J connectivity index is 2.11. The highest BCUT2D eigenvalue weighted by Crippen LogP contribution is 2.07. The molecule has 0 spiro atoms. The molecule has 1 amide bonds. The second-order valence-corrected chi connectivity index (χ2v) is 4.08. The Morgan fingerprint density at radius 2 is 2.16 bits per heavy atom. The first-order valence-corrected chi connectivity index (χ1v) is 5.41. The summed E-state index contributed by atoms with van der Waals surface area (Å²) >= 11 is 0. The molecule has 8 nitrogen and oxygen atoms in total. The Bertz CT molecular complexity index is 614. The van der Waals surface area contributed by atoms with Crippen molar-refractivity contribution in [3.63, 3.8) is 0 Å². The quantitative estimate of drug-likeness (QED) is 0.853. The number of hydrogen-bond donors (Lipinski definition) is 1. The van der Waals surface area contributed by atoms with E-state index in [1.54, 1.807) is 26.4 Å². The first kappa shape index (κ1) is 12.8. The number of carboxylic acid groups (broad SMARTS) is 1. The number of rotatable bonds is 4. The second kappa shape index (κ2) is 4.92. The van der Waals surface area contributed by atoms with Gasteiger partial charge < -0.3 is 14.5 Å². The maximum atomic E-state index is 11.6. The van der Waals surface area contributed by atoms with E-state index in [0.29, 0.717) is 11.5 Å². The predicted octanol–water partition coefficient (Wildman–Crippen LogP) is 0.319. The summed E-state index contributed by atoms with van der Waals surface area (Å²) in [6.45, 7) is 0.209. The van der Waals surface area contributed by atoms with E-state index >= 15 is 0 Å². The fourth-order valence-corrected chi connectivity index (χ4v) is 1.44. The molecule has 0 unspecified atom stereocenters. The highest BCUT2D eigenvalue weighted by molar-refractivity contribution is 5.91. The molecule has 1 N–H and O–H groups in total. The standard InChI is InChI=1S/C11H12N4O4/c1-14(2)10(16)8-3-4-15(12-8)6-7-5-9(11(17)18)13-19-7/h3-5H,6H2,1-2H3,(H,17,18). The van der Waals surface area contributed by atoms with Crippen molar-refractivity contribution in [3.05, 3.63) is 35.5 Å². The monoisotopic (exact) mass is 264 g/mol. The molecule has 2 heterocycles. The second-order valence-electron chi connectivity index (χ2n) is 4.08. The van der Waals surface area contributed by atoms with Crippen molar-refractivity contribution in [2.45, 2.75) is 6.54 Å². The number of aromatic nitrogens is 3. The topological polar surface area (TPSA) is 101 Å². The van der Waals surface area contributed by atoms with Crippen molar-refractivity contribution in [3.8, 4) is 0 Å². The zero-order valence-electron chi connectivity index (χ0n) is 10.4.